The van der Waals surface area contributed by atoms with E-state index in [0.717, 1.165) is 7.11 Å². The van der Waals surface area contributed by atoms with Crippen LogP contribution in [0.2, 0.25) is 0 Å². The van der Waals surface area contributed by atoms with Gasteiger partial charge in [-0.25, -0.2) is 9.59 Å². The fourth-order valence-corrected chi connectivity index (χ4v) is 5.18. The van der Waals surface area contributed by atoms with E-state index in [-0.39, 0.29) is 23.2 Å². The number of amides is 3. The summed E-state index contributed by atoms with van der Waals surface area (Å²) in [5.74, 6) is -2.59. The van der Waals surface area contributed by atoms with Crippen molar-refractivity contribution in [3.63, 3.8) is 0 Å². The Labute approximate surface area is 206 Å². The van der Waals surface area contributed by atoms with E-state index < -0.39 is 52.4 Å². The monoisotopic (exact) mass is 493 g/mol. The molecule has 0 bridgehead atoms. The van der Waals surface area contributed by atoms with Gasteiger partial charge in [0.1, 0.15) is 23.2 Å². The number of esters is 1. The van der Waals surface area contributed by atoms with Crippen LogP contribution in [0.15, 0.2) is 0 Å². The number of nitrogens with one attached hydrogen (secondary N) is 2. The third-order valence-corrected chi connectivity index (χ3v) is 7.45. The molecule has 2 unspecified atom stereocenters. The minimum Gasteiger partial charge on any atom is -0.463 e. The summed E-state index contributed by atoms with van der Waals surface area (Å²) in [6.07, 6.45) is -0.0252. The Balaban J connectivity index is 1.83. The maximum atomic E-state index is 13.8. The first-order valence-corrected chi connectivity index (χ1v) is 12.1. The normalized spacial score (nSPS) is 26.7. The van der Waals surface area contributed by atoms with Gasteiger partial charge in [0, 0.05) is 6.54 Å². The number of carbonyl (C=O) groups excluding carboxylic acids is 5. The lowest BCUT2D eigenvalue weighted by Gasteiger charge is -2.38. The number of alkyl carbamates (subject to hydrolysis) is 1. The van der Waals surface area contributed by atoms with Crippen molar-refractivity contribution >= 4 is 29.7 Å². The van der Waals surface area contributed by atoms with Gasteiger partial charge in [-0.1, -0.05) is 34.6 Å². The fraction of sp³-hybridized carbons (Fsp3) is 0.800. The number of carbonyl (C=O) groups is 5. The SMILES string of the molecule is COC(=O)C(=O)C1(NC(=O)C2[C@@H]3C(CN2C(=O)[C@@H](NC(=O)OC(C)(C)C)C(C)(C)C)C3(C)C)CC1. The van der Waals surface area contributed by atoms with Gasteiger partial charge in [-0.15, -0.1) is 0 Å². The Bertz CT molecular complexity index is 940. The third kappa shape index (κ3) is 5.16. The summed E-state index contributed by atoms with van der Waals surface area (Å²) in [7, 11) is 1.12. The predicted molar refractivity (Wildman–Crippen MR) is 126 cm³/mol. The van der Waals surface area contributed by atoms with Gasteiger partial charge in [-0.2, -0.15) is 0 Å². The van der Waals surface area contributed by atoms with Crippen LogP contribution in [0.4, 0.5) is 4.79 Å². The maximum absolute atomic E-state index is 13.8. The average molecular weight is 494 g/mol. The second-order valence-corrected chi connectivity index (χ2v) is 12.7. The zero-order valence-electron chi connectivity index (χ0n) is 22.2. The van der Waals surface area contributed by atoms with E-state index in [9.17, 15) is 24.0 Å². The first kappa shape index (κ1) is 26.9. The number of fused-ring (bicyclic) bond motifs is 1. The second kappa shape index (κ2) is 8.48. The number of piperidine rings is 1. The van der Waals surface area contributed by atoms with Gasteiger partial charge in [-0.05, 0) is 56.3 Å². The highest BCUT2D eigenvalue weighted by Crippen LogP contribution is 2.65. The van der Waals surface area contributed by atoms with E-state index in [4.69, 9.17) is 4.74 Å². The molecule has 2 saturated carbocycles. The molecule has 3 amide bonds. The van der Waals surface area contributed by atoms with Crippen LogP contribution in [0.3, 0.4) is 0 Å². The first-order chi connectivity index (χ1) is 15.9. The molecule has 2 aliphatic carbocycles. The lowest BCUT2D eigenvalue weighted by molar-refractivity contribution is -0.154. The molecule has 0 aromatic carbocycles. The average Bonchev–Trinajstić information content (AvgIpc) is 3.52. The topological polar surface area (TPSA) is 131 Å². The number of methoxy groups -OCH3 is 1. The van der Waals surface area contributed by atoms with Crippen molar-refractivity contribution in [3.05, 3.63) is 0 Å². The quantitative estimate of drug-likeness (QED) is 0.426. The molecular formula is C25H39N3O7. The van der Waals surface area contributed by atoms with Crippen molar-refractivity contribution in [2.75, 3.05) is 13.7 Å². The van der Waals surface area contributed by atoms with Gasteiger partial charge < -0.3 is 25.0 Å². The van der Waals surface area contributed by atoms with E-state index >= 15 is 0 Å². The minimum absolute atomic E-state index is 0.0855. The zero-order chi connectivity index (χ0) is 26.7. The number of ketones is 1. The van der Waals surface area contributed by atoms with Crippen LogP contribution in [0.1, 0.15) is 68.2 Å². The smallest absolute Gasteiger partial charge is 0.408 e. The van der Waals surface area contributed by atoms with E-state index in [1.165, 1.54) is 4.90 Å². The molecule has 1 heterocycles. The molecule has 10 heteroatoms. The number of rotatable bonds is 6. The largest absolute Gasteiger partial charge is 0.463 e. The van der Waals surface area contributed by atoms with Crippen LogP contribution in [-0.2, 0) is 28.7 Å². The van der Waals surface area contributed by atoms with Gasteiger partial charge in [0.05, 0.1) is 7.11 Å². The Morgan fingerprint density at radius 1 is 1.00 bits per heavy atom. The highest BCUT2D eigenvalue weighted by Gasteiger charge is 2.70. The molecule has 1 aliphatic heterocycles. The highest BCUT2D eigenvalue weighted by molar-refractivity contribution is 6.38. The van der Waals surface area contributed by atoms with E-state index in [1.807, 2.05) is 20.8 Å². The summed E-state index contributed by atoms with van der Waals surface area (Å²) in [5, 5.41) is 5.46. The van der Waals surface area contributed by atoms with Crippen molar-refractivity contribution < 1.29 is 33.4 Å². The van der Waals surface area contributed by atoms with Gasteiger partial charge in [-0.3, -0.25) is 14.4 Å². The van der Waals surface area contributed by atoms with E-state index in [0.29, 0.717) is 19.4 Å². The molecule has 3 fully saturated rings. The van der Waals surface area contributed by atoms with Gasteiger partial charge >= 0.3 is 12.1 Å². The molecule has 2 N–H and O–H groups in total. The summed E-state index contributed by atoms with van der Waals surface area (Å²) < 4.78 is 9.92. The van der Waals surface area contributed by atoms with E-state index in [2.05, 4.69) is 29.2 Å². The lowest BCUT2D eigenvalue weighted by atomic mass is 9.85. The summed E-state index contributed by atoms with van der Waals surface area (Å²) >= 11 is 0. The first-order valence-electron chi connectivity index (χ1n) is 12.1. The fourth-order valence-electron chi connectivity index (χ4n) is 5.18. The molecule has 0 aromatic heterocycles. The van der Waals surface area contributed by atoms with Crippen molar-refractivity contribution in [3.8, 4) is 0 Å². The standard InChI is InChI=1S/C25H39N3O7/c1-22(2,3)16(26-21(33)35-23(4,5)6)19(31)28-12-13-14(24(13,7)8)15(28)18(30)27-25(10-11-25)17(29)20(32)34-9/h13-16H,10-12H2,1-9H3,(H,26,33)(H,27,30)/t13?,14-,15?,16+/m0/s1. The summed E-state index contributed by atoms with van der Waals surface area (Å²) in [4.78, 5) is 65.6. The Hall–Kier alpha value is -2.65. The number of likely N-dealkylation sites (tertiary alicyclic amines) is 1. The van der Waals surface area contributed by atoms with Gasteiger partial charge in [0.15, 0.2) is 0 Å². The molecule has 4 atom stereocenters. The molecule has 1 saturated heterocycles. The van der Waals surface area contributed by atoms with Crippen molar-refractivity contribution in [2.24, 2.45) is 22.7 Å². The molecule has 35 heavy (non-hydrogen) atoms. The molecule has 0 radical (unpaired) electrons. The van der Waals surface area contributed by atoms with Crippen LogP contribution in [0, 0.1) is 22.7 Å². The van der Waals surface area contributed by atoms with Crippen LogP contribution in [0.5, 0.6) is 0 Å². The number of hydrogen-bond acceptors (Lipinski definition) is 7. The van der Waals surface area contributed by atoms with E-state index in [1.54, 1.807) is 20.8 Å². The number of Topliss-reactive ketones (excluding diaryl/α,β-unsaturated/α-hetero) is 1. The van der Waals surface area contributed by atoms with Crippen molar-refractivity contribution in [2.45, 2.75) is 91.5 Å². The van der Waals surface area contributed by atoms with Crippen molar-refractivity contribution in [1.82, 2.24) is 15.5 Å². The molecule has 3 rings (SSSR count). The Morgan fingerprint density at radius 2 is 1.57 bits per heavy atom. The van der Waals surface area contributed by atoms with Crippen LogP contribution < -0.4 is 10.6 Å². The Kier molecular flexibility index (Phi) is 6.53. The number of ether oxygens (including phenoxy) is 2. The minimum atomic E-state index is -1.27. The number of hydrogen-bond donors (Lipinski definition) is 2. The summed E-state index contributed by atoms with van der Waals surface area (Å²) in [5.41, 5.74) is -2.80. The van der Waals surface area contributed by atoms with Gasteiger partial charge in [0.2, 0.25) is 11.8 Å². The van der Waals surface area contributed by atoms with Crippen LogP contribution >= 0.6 is 0 Å². The highest BCUT2D eigenvalue weighted by atomic mass is 16.6. The van der Waals surface area contributed by atoms with Gasteiger partial charge in [0.25, 0.3) is 5.78 Å². The molecule has 10 nitrogen and oxygen atoms in total. The predicted octanol–water partition coefficient (Wildman–Crippen LogP) is 1.80. The van der Waals surface area contributed by atoms with Crippen LogP contribution in [0.25, 0.3) is 0 Å². The Morgan fingerprint density at radius 3 is 2.03 bits per heavy atom. The second-order valence-electron chi connectivity index (χ2n) is 12.7. The molecule has 0 spiro atoms. The third-order valence-electron chi connectivity index (χ3n) is 7.45. The molecule has 3 aliphatic rings. The van der Waals surface area contributed by atoms with Crippen LogP contribution in [-0.4, -0.2) is 71.4 Å². The zero-order valence-corrected chi connectivity index (χ0v) is 22.2. The molecule has 0 aromatic rings. The molecule has 196 valence electrons. The number of nitrogens with zero attached hydrogens (tertiary/aromatic N) is 1. The summed E-state index contributed by atoms with van der Waals surface area (Å²) in [6.45, 7) is 15.2. The summed E-state index contributed by atoms with van der Waals surface area (Å²) in [6, 6.07) is -1.74. The lowest BCUT2D eigenvalue weighted by Crippen LogP contribution is -2.61. The van der Waals surface area contributed by atoms with Crippen molar-refractivity contribution in [1.29, 1.82) is 0 Å². The maximum Gasteiger partial charge on any atom is 0.408 e. The molecular weight excluding hydrogens is 454 g/mol.